The van der Waals surface area contributed by atoms with Crippen LogP contribution in [0.1, 0.15) is 18.3 Å². The summed E-state index contributed by atoms with van der Waals surface area (Å²) in [4.78, 5) is 14.6. The lowest BCUT2D eigenvalue weighted by atomic mass is 10.1. The van der Waals surface area contributed by atoms with Gasteiger partial charge in [0, 0.05) is 17.0 Å². The van der Waals surface area contributed by atoms with Gasteiger partial charge >= 0.3 is 0 Å². The van der Waals surface area contributed by atoms with Gasteiger partial charge in [-0.2, -0.15) is 9.43 Å². The second kappa shape index (κ2) is 8.79. The molecule has 0 amide bonds. The lowest BCUT2D eigenvalue weighted by Crippen LogP contribution is -2.10. The van der Waals surface area contributed by atoms with Gasteiger partial charge in [-0.3, -0.25) is 0 Å². The molecular weight excluding hydrogens is 350 g/mol. The standard InChI is InChI=1S/C18H21N5O2S/c1-4-23-18(20-12-21-23)11-19-17-10-13(2)9-16(22-17)14-5-7-15(8-6-14)26-25-24-3/h5-10,12H,4,11H2,1-3H3,(H,19,22). The number of hydrogen-bond acceptors (Lipinski definition) is 7. The Morgan fingerprint density at radius 1 is 1.19 bits per heavy atom. The van der Waals surface area contributed by atoms with Crippen LogP contribution in [0, 0.1) is 6.92 Å². The smallest absolute Gasteiger partial charge is 0.146 e. The minimum atomic E-state index is 0.577. The lowest BCUT2D eigenvalue weighted by molar-refractivity contribution is -0.160. The third kappa shape index (κ3) is 4.60. The van der Waals surface area contributed by atoms with Crippen molar-refractivity contribution in [1.29, 1.82) is 0 Å². The summed E-state index contributed by atoms with van der Waals surface area (Å²) in [5.74, 6) is 1.70. The summed E-state index contributed by atoms with van der Waals surface area (Å²) in [5, 5.41) is 7.52. The molecule has 3 aromatic rings. The molecule has 0 aliphatic rings. The number of aromatic nitrogens is 4. The summed E-state index contributed by atoms with van der Waals surface area (Å²) in [7, 11) is 1.48. The van der Waals surface area contributed by atoms with Gasteiger partial charge in [0.15, 0.2) is 0 Å². The second-order valence-electron chi connectivity index (χ2n) is 5.60. The number of pyridine rings is 1. The van der Waals surface area contributed by atoms with Crippen molar-refractivity contribution in [3.63, 3.8) is 0 Å². The Bertz CT molecular complexity index is 851. The first-order valence-corrected chi connectivity index (χ1v) is 9.00. The number of rotatable bonds is 8. The largest absolute Gasteiger partial charge is 0.363 e. The van der Waals surface area contributed by atoms with Crippen LogP contribution in [0.2, 0.25) is 0 Å². The highest BCUT2D eigenvalue weighted by Crippen LogP contribution is 2.25. The Labute approximate surface area is 156 Å². The van der Waals surface area contributed by atoms with Crippen LogP contribution >= 0.6 is 12.0 Å². The third-order valence-electron chi connectivity index (χ3n) is 3.74. The van der Waals surface area contributed by atoms with Crippen LogP contribution in [0.3, 0.4) is 0 Å². The fourth-order valence-electron chi connectivity index (χ4n) is 2.52. The molecule has 1 aromatic carbocycles. The monoisotopic (exact) mass is 371 g/mol. The van der Waals surface area contributed by atoms with Crippen molar-refractivity contribution in [3.05, 3.63) is 54.1 Å². The Morgan fingerprint density at radius 2 is 2.00 bits per heavy atom. The van der Waals surface area contributed by atoms with Gasteiger partial charge < -0.3 is 5.32 Å². The van der Waals surface area contributed by atoms with Crippen LogP contribution in [0.25, 0.3) is 11.3 Å². The molecule has 2 heterocycles. The van der Waals surface area contributed by atoms with Crippen molar-refractivity contribution >= 4 is 17.9 Å². The summed E-state index contributed by atoms with van der Waals surface area (Å²) in [5.41, 5.74) is 3.08. The molecule has 0 unspecified atom stereocenters. The van der Waals surface area contributed by atoms with E-state index in [1.54, 1.807) is 6.33 Å². The van der Waals surface area contributed by atoms with Gasteiger partial charge in [0.2, 0.25) is 0 Å². The van der Waals surface area contributed by atoms with Crippen molar-refractivity contribution in [1.82, 2.24) is 19.7 Å². The molecule has 0 aliphatic heterocycles. The van der Waals surface area contributed by atoms with Crippen LogP contribution in [0.4, 0.5) is 5.82 Å². The third-order valence-corrected chi connectivity index (χ3v) is 4.41. The van der Waals surface area contributed by atoms with Crippen LogP contribution in [0.15, 0.2) is 47.6 Å². The maximum atomic E-state index is 4.87. The molecule has 2 aromatic heterocycles. The predicted molar refractivity (Wildman–Crippen MR) is 101 cm³/mol. The summed E-state index contributed by atoms with van der Waals surface area (Å²) >= 11 is 1.17. The molecule has 7 nitrogen and oxygen atoms in total. The first-order chi connectivity index (χ1) is 12.7. The predicted octanol–water partition coefficient (Wildman–Crippen LogP) is 3.87. The first kappa shape index (κ1) is 18.4. The normalized spacial score (nSPS) is 10.9. The summed E-state index contributed by atoms with van der Waals surface area (Å²) in [6.07, 6.45) is 1.57. The van der Waals surface area contributed by atoms with E-state index in [1.165, 1.54) is 19.2 Å². The van der Waals surface area contributed by atoms with Crippen molar-refractivity contribution < 1.29 is 9.22 Å². The van der Waals surface area contributed by atoms with Crippen molar-refractivity contribution in [2.45, 2.75) is 31.8 Å². The molecule has 0 saturated carbocycles. The van der Waals surface area contributed by atoms with E-state index in [1.807, 2.05) is 41.9 Å². The molecule has 0 saturated heterocycles. The maximum absolute atomic E-state index is 4.87. The molecular formula is C18H21N5O2S. The van der Waals surface area contributed by atoms with Gasteiger partial charge in [0.25, 0.3) is 0 Å². The molecule has 0 bridgehead atoms. The molecule has 1 N–H and O–H groups in total. The number of nitrogens with one attached hydrogen (secondary N) is 1. The molecule has 26 heavy (non-hydrogen) atoms. The van der Waals surface area contributed by atoms with Crippen LogP contribution in [0.5, 0.6) is 0 Å². The molecule has 8 heteroatoms. The molecule has 0 spiro atoms. The Kier molecular flexibility index (Phi) is 6.21. The summed E-state index contributed by atoms with van der Waals surface area (Å²) in [6.45, 7) is 5.47. The van der Waals surface area contributed by atoms with E-state index in [4.69, 9.17) is 9.32 Å². The van der Waals surface area contributed by atoms with Crippen molar-refractivity contribution in [3.8, 4) is 11.3 Å². The van der Waals surface area contributed by atoms with Crippen molar-refractivity contribution in [2.75, 3.05) is 12.4 Å². The number of anilines is 1. The van der Waals surface area contributed by atoms with Gasteiger partial charge in [0.1, 0.15) is 18.0 Å². The number of aryl methyl sites for hydroxylation is 2. The fraction of sp³-hybridized carbons (Fsp3) is 0.278. The van der Waals surface area contributed by atoms with E-state index < -0.39 is 0 Å². The second-order valence-corrected chi connectivity index (χ2v) is 6.38. The highest BCUT2D eigenvalue weighted by Gasteiger charge is 2.07. The zero-order valence-corrected chi connectivity index (χ0v) is 15.8. The van der Waals surface area contributed by atoms with E-state index in [9.17, 15) is 0 Å². The molecule has 0 fully saturated rings. The fourth-order valence-corrected chi connectivity index (χ4v) is 2.91. The van der Waals surface area contributed by atoms with E-state index in [0.29, 0.717) is 6.54 Å². The summed E-state index contributed by atoms with van der Waals surface area (Å²) < 4.78 is 6.73. The first-order valence-electron chi connectivity index (χ1n) is 8.26. The lowest BCUT2D eigenvalue weighted by Gasteiger charge is -2.10. The minimum absolute atomic E-state index is 0.577. The maximum Gasteiger partial charge on any atom is 0.146 e. The van der Waals surface area contributed by atoms with Crippen LogP contribution in [-0.2, 0) is 22.3 Å². The quantitative estimate of drug-likeness (QED) is 0.366. The highest BCUT2D eigenvalue weighted by molar-refractivity contribution is 7.94. The zero-order valence-electron chi connectivity index (χ0n) is 15.0. The number of hydrogen-bond donors (Lipinski definition) is 1. The Balaban J connectivity index is 1.74. The molecule has 0 aliphatic carbocycles. The minimum Gasteiger partial charge on any atom is -0.363 e. The van der Waals surface area contributed by atoms with Gasteiger partial charge in [-0.1, -0.05) is 12.1 Å². The van der Waals surface area contributed by atoms with Crippen LogP contribution in [-0.4, -0.2) is 26.9 Å². The van der Waals surface area contributed by atoms with E-state index >= 15 is 0 Å². The average molecular weight is 371 g/mol. The van der Waals surface area contributed by atoms with Crippen LogP contribution < -0.4 is 5.32 Å². The number of benzene rings is 1. The Hall–Kier alpha value is -2.42. The SMILES string of the molecule is CCn1ncnc1CNc1cc(C)cc(-c2ccc(SOOC)cc2)n1. The molecule has 0 atom stereocenters. The summed E-state index contributed by atoms with van der Waals surface area (Å²) in [6, 6.07) is 12.1. The van der Waals surface area contributed by atoms with E-state index in [0.717, 1.165) is 39.9 Å². The van der Waals surface area contributed by atoms with Gasteiger partial charge in [0.05, 0.1) is 31.4 Å². The highest BCUT2D eigenvalue weighted by atomic mass is 32.2. The average Bonchev–Trinajstić information content (AvgIpc) is 3.12. The van der Waals surface area contributed by atoms with Crippen molar-refractivity contribution in [2.24, 2.45) is 0 Å². The molecule has 0 radical (unpaired) electrons. The van der Waals surface area contributed by atoms with E-state index in [-0.39, 0.29) is 0 Å². The van der Waals surface area contributed by atoms with Gasteiger partial charge in [-0.25, -0.2) is 19.5 Å². The van der Waals surface area contributed by atoms with Gasteiger partial charge in [-0.15, -0.1) is 0 Å². The molecule has 3 rings (SSSR count). The topological polar surface area (TPSA) is 74.1 Å². The van der Waals surface area contributed by atoms with E-state index in [2.05, 4.69) is 33.3 Å². The zero-order chi connectivity index (χ0) is 18.4. The number of nitrogens with zero attached hydrogens (tertiary/aromatic N) is 4. The molecule has 136 valence electrons. The van der Waals surface area contributed by atoms with Gasteiger partial charge in [-0.05, 0) is 43.7 Å². The Morgan fingerprint density at radius 3 is 2.73 bits per heavy atom.